The van der Waals surface area contributed by atoms with Crippen molar-refractivity contribution in [3.63, 3.8) is 0 Å². The zero-order valence-electron chi connectivity index (χ0n) is 12.0. The Morgan fingerprint density at radius 3 is 2.85 bits per heavy atom. The molecule has 2 heterocycles. The summed E-state index contributed by atoms with van der Waals surface area (Å²) in [6, 6.07) is 11.2. The van der Waals surface area contributed by atoms with Gasteiger partial charge in [0.25, 0.3) is 0 Å². The quantitative estimate of drug-likeness (QED) is 0.940. The van der Waals surface area contributed by atoms with E-state index in [4.69, 9.17) is 0 Å². The molecule has 1 N–H and O–H groups in total. The molecule has 0 spiro atoms. The van der Waals surface area contributed by atoms with Gasteiger partial charge in [-0.05, 0) is 19.4 Å². The fourth-order valence-corrected chi connectivity index (χ4v) is 3.42. The number of benzene rings is 1. The number of hydrogen-bond acceptors (Lipinski definition) is 4. The normalized spacial score (nSPS) is 22.8. The minimum Gasteiger partial charge on any atom is -0.309 e. The molecule has 4 heteroatoms. The average Bonchev–Trinajstić information content (AvgIpc) is 2.92. The lowest BCUT2D eigenvalue weighted by Crippen LogP contribution is -2.57. The first-order valence-corrected chi connectivity index (χ1v) is 7.99. The minimum atomic E-state index is 0.154. The van der Waals surface area contributed by atoms with Crippen molar-refractivity contribution in [2.24, 2.45) is 0 Å². The Hall–Kier alpha value is -1.23. The van der Waals surface area contributed by atoms with Crippen LogP contribution in [0.2, 0.25) is 0 Å². The van der Waals surface area contributed by atoms with Crippen LogP contribution >= 0.6 is 11.3 Å². The summed E-state index contributed by atoms with van der Waals surface area (Å²) in [5.41, 5.74) is 4.63. The van der Waals surface area contributed by atoms with Crippen molar-refractivity contribution in [2.45, 2.75) is 32.0 Å². The average molecular weight is 287 g/mol. The largest absolute Gasteiger partial charge is 0.309 e. The van der Waals surface area contributed by atoms with Gasteiger partial charge in [0.2, 0.25) is 0 Å². The van der Waals surface area contributed by atoms with Crippen molar-refractivity contribution in [3.05, 3.63) is 52.5 Å². The van der Waals surface area contributed by atoms with Gasteiger partial charge in [-0.2, -0.15) is 0 Å². The van der Waals surface area contributed by atoms with Crippen LogP contribution in [0.3, 0.4) is 0 Å². The van der Waals surface area contributed by atoms with E-state index in [2.05, 4.69) is 64.8 Å². The third-order valence-corrected chi connectivity index (χ3v) is 4.48. The van der Waals surface area contributed by atoms with Crippen molar-refractivity contribution in [3.8, 4) is 0 Å². The Morgan fingerprint density at radius 1 is 1.35 bits per heavy atom. The first kappa shape index (κ1) is 13.7. The monoisotopic (exact) mass is 287 g/mol. The molecule has 1 aliphatic rings. The van der Waals surface area contributed by atoms with Gasteiger partial charge in [-0.25, -0.2) is 4.98 Å². The maximum Gasteiger partial charge on any atom is 0.0795 e. The van der Waals surface area contributed by atoms with Gasteiger partial charge in [-0.15, -0.1) is 11.3 Å². The number of aromatic nitrogens is 1. The van der Waals surface area contributed by atoms with E-state index in [0.717, 1.165) is 19.6 Å². The van der Waals surface area contributed by atoms with Gasteiger partial charge in [0.1, 0.15) is 0 Å². The smallest absolute Gasteiger partial charge is 0.0795 e. The van der Waals surface area contributed by atoms with Crippen LogP contribution in [0.15, 0.2) is 41.2 Å². The predicted octanol–water partition coefficient (Wildman–Crippen LogP) is 3.07. The molecule has 1 atom stereocenters. The van der Waals surface area contributed by atoms with Crippen molar-refractivity contribution in [1.82, 2.24) is 15.2 Å². The lowest BCUT2D eigenvalue weighted by atomic mass is 9.95. The molecule has 0 amide bonds. The van der Waals surface area contributed by atoms with E-state index < -0.39 is 0 Å². The first-order valence-electron chi connectivity index (χ1n) is 7.05. The second-order valence-corrected chi connectivity index (χ2v) is 6.79. The van der Waals surface area contributed by atoms with Gasteiger partial charge in [-0.3, -0.25) is 4.90 Å². The summed E-state index contributed by atoms with van der Waals surface area (Å²) < 4.78 is 0. The molecule has 20 heavy (non-hydrogen) atoms. The van der Waals surface area contributed by atoms with Gasteiger partial charge in [-0.1, -0.05) is 30.3 Å². The molecular weight excluding hydrogens is 266 g/mol. The molecule has 3 rings (SSSR count). The Balaban J connectivity index is 1.83. The summed E-state index contributed by atoms with van der Waals surface area (Å²) >= 11 is 1.67. The number of nitrogens with one attached hydrogen (secondary N) is 1. The molecule has 3 nitrogen and oxygen atoms in total. The Kier molecular flexibility index (Phi) is 3.87. The number of thiazole rings is 1. The van der Waals surface area contributed by atoms with E-state index in [1.54, 1.807) is 11.3 Å². The molecule has 0 bridgehead atoms. The molecule has 0 aliphatic carbocycles. The third kappa shape index (κ3) is 3.08. The lowest BCUT2D eigenvalue weighted by Gasteiger charge is -2.44. The SMILES string of the molecule is CC1(C)CN(Cc2cscn2)C(c2ccccc2)CN1. The summed E-state index contributed by atoms with van der Waals surface area (Å²) in [6.07, 6.45) is 0. The molecular formula is C16H21N3S. The van der Waals surface area contributed by atoms with Crippen LogP contribution in [0, 0.1) is 0 Å². The topological polar surface area (TPSA) is 28.2 Å². The fraction of sp³-hybridized carbons (Fsp3) is 0.438. The van der Waals surface area contributed by atoms with Crippen molar-refractivity contribution in [1.29, 1.82) is 0 Å². The van der Waals surface area contributed by atoms with E-state index >= 15 is 0 Å². The van der Waals surface area contributed by atoms with Crippen LogP contribution in [-0.2, 0) is 6.54 Å². The Labute approximate surface area is 124 Å². The summed E-state index contributed by atoms with van der Waals surface area (Å²) in [7, 11) is 0. The predicted molar refractivity (Wildman–Crippen MR) is 83.8 cm³/mol. The third-order valence-electron chi connectivity index (χ3n) is 3.85. The molecule has 1 unspecified atom stereocenters. The molecule has 1 aromatic carbocycles. The highest BCUT2D eigenvalue weighted by molar-refractivity contribution is 7.07. The van der Waals surface area contributed by atoms with Gasteiger partial charge in [0.15, 0.2) is 0 Å². The summed E-state index contributed by atoms with van der Waals surface area (Å²) in [5, 5.41) is 5.81. The molecule has 1 fully saturated rings. The molecule has 2 aromatic rings. The van der Waals surface area contributed by atoms with Crippen molar-refractivity contribution >= 4 is 11.3 Å². The summed E-state index contributed by atoms with van der Waals surface area (Å²) in [5.74, 6) is 0. The van der Waals surface area contributed by atoms with Crippen LogP contribution in [0.4, 0.5) is 0 Å². The summed E-state index contributed by atoms with van der Waals surface area (Å²) in [6.45, 7) is 7.48. The van der Waals surface area contributed by atoms with E-state index in [9.17, 15) is 0 Å². The highest BCUT2D eigenvalue weighted by Gasteiger charge is 2.33. The maximum absolute atomic E-state index is 4.44. The van der Waals surface area contributed by atoms with Gasteiger partial charge < -0.3 is 5.32 Å². The number of piperazine rings is 1. The molecule has 0 radical (unpaired) electrons. The van der Waals surface area contributed by atoms with Crippen molar-refractivity contribution in [2.75, 3.05) is 13.1 Å². The highest BCUT2D eigenvalue weighted by Crippen LogP contribution is 2.28. The van der Waals surface area contributed by atoms with E-state index in [0.29, 0.717) is 6.04 Å². The first-order chi connectivity index (χ1) is 9.64. The Morgan fingerprint density at radius 2 is 2.15 bits per heavy atom. The second kappa shape index (κ2) is 5.64. The summed E-state index contributed by atoms with van der Waals surface area (Å²) in [4.78, 5) is 6.99. The highest BCUT2D eigenvalue weighted by atomic mass is 32.1. The van der Waals surface area contributed by atoms with E-state index in [1.807, 2.05) is 5.51 Å². The van der Waals surface area contributed by atoms with Gasteiger partial charge >= 0.3 is 0 Å². The van der Waals surface area contributed by atoms with E-state index in [1.165, 1.54) is 11.3 Å². The van der Waals surface area contributed by atoms with Crippen LogP contribution in [0.5, 0.6) is 0 Å². The zero-order valence-corrected chi connectivity index (χ0v) is 12.9. The number of nitrogens with zero attached hydrogens (tertiary/aromatic N) is 2. The second-order valence-electron chi connectivity index (χ2n) is 6.08. The van der Waals surface area contributed by atoms with E-state index in [-0.39, 0.29) is 5.54 Å². The molecule has 0 saturated carbocycles. The lowest BCUT2D eigenvalue weighted by molar-refractivity contribution is 0.0870. The molecule has 1 saturated heterocycles. The van der Waals surface area contributed by atoms with Crippen LogP contribution < -0.4 is 5.32 Å². The molecule has 1 aliphatic heterocycles. The fourth-order valence-electron chi connectivity index (χ4n) is 2.87. The van der Waals surface area contributed by atoms with Crippen LogP contribution in [0.25, 0.3) is 0 Å². The number of rotatable bonds is 3. The van der Waals surface area contributed by atoms with Crippen molar-refractivity contribution < 1.29 is 0 Å². The number of hydrogen-bond donors (Lipinski definition) is 1. The van der Waals surface area contributed by atoms with Gasteiger partial charge in [0.05, 0.1) is 11.2 Å². The standard InChI is InChI=1S/C16H21N3S/c1-16(2)11-19(9-14-10-20-12-17-14)15(8-18-16)13-6-4-3-5-7-13/h3-7,10,12,15,18H,8-9,11H2,1-2H3. The maximum atomic E-state index is 4.44. The molecule has 1 aromatic heterocycles. The Bertz CT molecular complexity index is 536. The van der Waals surface area contributed by atoms with Crippen LogP contribution in [-0.4, -0.2) is 28.5 Å². The minimum absolute atomic E-state index is 0.154. The zero-order chi connectivity index (χ0) is 14.0. The van der Waals surface area contributed by atoms with Gasteiger partial charge in [0, 0.05) is 36.6 Å². The van der Waals surface area contributed by atoms with Crippen LogP contribution in [0.1, 0.15) is 31.1 Å². The molecule has 106 valence electrons.